The molecule has 3 aliphatic rings. The normalized spacial score (nSPS) is 28.2. The van der Waals surface area contributed by atoms with Crippen LogP contribution >= 0.6 is 0 Å². The molecule has 3 saturated heterocycles. The third-order valence-electron chi connectivity index (χ3n) is 12.7. The van der Waals surface area contributed by atoms with Crippen molar-refractivity contribution in [2.45, 2.75) is 166 Å². The summed E-state index contributed by atoms with van der Waals surface area (Å²) < 4.78 is 81.3. The maximum absolute atomic E-state index is 13.6. The van der Waals surface area contributed by atoms with E-state index < -0.39 is 166 Å². The van der Waals surface area contributed by atoms with Crippen LogP contribution in [0.2, 0.25) is 5.04 Å². The number of amides is 3. The second-order valence-corrected chi connectivity index (χ2v) is 24.2. The number of ether oxygens (including phenoxy) is 12. The number of carbonyl (C=O) groups is 8. The molecule has 0 radical (unpaired) electrons. The summed E-state index contributed by atoms with van der Waals surface area (Å²) in [6, 6.07) is 15.9. The van der Waals surface area contributed by atoms with Crippen molar-refractivity contribution < 1.29 is 99.6 Å². The maximum atomic E-state index is 13.6. The van der Waals surface area contributed by atoms with Crippen molar-refractivity contribution >= 4 is 66.3 Å². The van der Waals surface area contributed by atoms with Crippen LogP contribution in [-0.4, -0.2) is 174 Å². The van der Waals surface area contributed by atoms with Gasteiger partial charge in [-0.1, -0.05) is 93.6 Å². The third kappa shape index (κ3) is 16.4. The number of carbonyl (C=O) groups excluding carboxylic acids is 8. The summed E-state index contributed by atoms with van der Waals surface area (Å²) >= 11 is 0. The average molecular weight is 1130 g/mol. The molecule has 4 N–H and O–H groups in total. The molecule has 5 rings (SSSR count). The lowest BCUT2D eigenvalue weighted by molar-refractivity contribution is -0.342. The standard InChI is InChI=1S/C54H73N3O21Si/c1-13-25-66-48(50(55)65)46-47(73-35(9)64)49(53(77-46)67-26-14-2)78-52-41(57-30(4)59)45(72-34(8)63)43(39(75-52)28-69-79(54(10,11)12,36-21-17-15-18-22-36)37-23-19-16-20-24-37)76-51-40(56-29(3)58)44(71-33(7)62)42(70-32(6)61)38(74-51)27-68-31(5)60/h13-24,38-49,51-53H,1-2,25-28H2,3-12H3,(H2,55,65)(H,56,58)(H,57,59)/t38-,39-,40-,41-,42-,43-,44-,45-,46?,47+,48+,49-,51+,52+,53+/m1/s1. The number of benzene rings is 2. The zero-order valence-corrected chi connectivity index (χ0v) is 47.0. The Kier molecular flexibility index (Phi) is 23.0. The second kappa shape index (κ2) is 28.6. The van der Waals surface area contributed by atoms with Gasteiger partial charge in [-0.2, -0.15) is 0 Å². The summed E-state index contributed by atoms with van der Waals surface area (Å²) in [5.74, 6) is -6.71. The predicted molar refractivity (Wildman–Crippen MR) is 279 cm³/mol. The van der Waals surface area contributed by atoms with E-state index >= 15 is 0 Å². The molecular formula is C54H73N3O21Si. The van der Waals surface area contributed by atoms with Gasteiger partial charge in [-0.25, -0.2) is 0 Å². The largest absolute Gasteiger partial charge is 0.463 e. The molecule has 0 bridgehead atoms. The smallest absolute Gasteiger partial charge is 0.303 e. The Bertz CT molecular complexity index is 2420. The van der Waals surface area contributed by atoms with E-state index in [2.05, 4.69) is 23.8 Å². The Morgan fingerprint density at radius 3 is 1.46 bits per heavy atom. The fourth-order valence-corrected chi connectivity index (χ4v) is 14.5. The topological polar surface area (TPSA) is 307 Å². The summed E-state index contributed by atoms with van der Waals surface area (Å²) in [5.41, 5.74) is 5.83. The van der Waals surface area contributed by atoms with Gasteiger partial charge < -0.3 is 77.6 Å². The van der Waals surface area contributed by atoms with Gasteiger partial charge in [0.25, 0.3) is 8.32 Å². The van der Waals surface area contributed by atoms with Gasteiger partial charge in [-0.05, 0) is 15.4 Å². The summed E-state index contributed by atoms with van der Waals surface area (Å²) in [6.45, 7) is 19.8. The van der Waals surface area contributed by atoms with Crippen LogP contribution in [0.5, 0.6) is 0 Å². The van der Waals surface area contributed by atoms with Gasteiger partial charge in [0, 0.05) is 48.5 Å². The summed E-state index contributed by atoms with van der Waals surface area (Å²) in [4.78, 5) is 104. The minimum atomic E-state index is -3.56. The van der Waals surface area contributed by atoms with Crippen LogP contribution in [0.4, 0.5) is 0 Å². The third-order valence-corrected chi connectivity index (χ3v) is 17.7. The quantitative estimate of drug-likeness (QED) is 0.0542. The molecule has 3 heterocycles. The first kappa shape index (κ1) is 63.4. The molecule has 0 saturated carbocycles. The number of rotatable bonds is 25. The minimum Gasteiger partial charge on any atom is -0.463 e. The van der Waals surface area contributed by atoms with Gasteiger partial charge in [-0.3, -0.25) is 38.4 Å². The Morgan fingerprint density at radius 2 is 1.03 bits per heavy atom. The number of primary amides is 1. The zero-order chi connectivity index (χ0) is 58.4. The molecule has 79 heavy (non-hydrogen) atoms. The molecule has 2 aromatic carbocycles. The van der Waals surface area contributed by atoms with Crippen molar-refractivity contribution in [3.05, 3.63) is 86.0 Å². The molecule has 24 nitrogen and oxygen atoms in total. The highest BCUT2D eigenvalue weighted by atomic mass is 28.4. The average Bonchev–Trinajstić information content (AvgIpc) is 3.81. The predicted octanol–water partition coefficient (Wildman–Crippen LogP) is 1.07. The highest BCUT2D eigenvalue weighted by Crippen LogP contribution is 2.40. The Labute approximate surface area is 459 Å². The van der Waals surface area contributed by atoms with Gasteiger partial charge in [0.15, 0.2) is 55.5 Å². The van der Waals surface area contributed by atoms with E-state index in [0.29, 0.717) is 0 Å². The van der Waals surface area contributed by atoms with Crippen LogP contribution in [0.25, 0.3) is 0 Å². The van der Waals surface area contributed by atoms with Crippen molar-refractivity contribution in [2.24, 2.45) is 5.73 Å². The van der Waals surface area contributed by atoms with Crippen LogP contribution in [0.1, 0.15) is 69.2 Å². The molecule has 3 aliphatic heterocycles. The summed E-state index contributed by atoms with van der Waals surface area (Å²) in [6.07, 6.45) is -18.0. The molecular weight excluding hydrogens is 1050 g/mol. The lowest BCUT2D eigenvalue weighted by Gasteiger charge is -2.51. The number of hydrogen-bond acceptors (Lipinski definition) is 21. The maximum Gasteiger partial charge on any atom is 0.303 e. The number of nitrogens with one attached hydrogen (secondary N) is 2. The summed E-state index contributed by atoms with van der Waals surface area (Å²) in [7, 11) is -3.56. The molecule has 15 atom stereocenters. The Balaban J connectivity index is 1.79. The number of hydrogen-bond donors (Lipinski definition) is 3. The van der Waals surface area contributed by atoms with Crippen molar-refractivity contribution in [3.8, 4) is 0 Å². The van der Waals surface area contributed by atoms with Crippen LogP contribution in [0.3, 0.4) is 0 Å². The van der Waals surface area contributed by atoms with Gasteiger partial charge >= 0.3 is 29.8 Å². The SMILES string of the molecule is C=CCO[C@H]1OC([C@H](OCC=C)C(N)=O)[C@H](OC(C)=O)[C@H]1O[C@@H]1O[C@H](CO[Si](c2ccccc2)(c2ccccc2)C(C)(C)C)[C@@H](O[C@@H]2O[C@H](COC(C)=O)[C@@H](OC(C)=O)[C@H](OC(C)=O)[C@H]2NC(C)=O)[C@H](OC(C)=O)[C@H]1NC(C)=O. The first-order valence-electron chi connectivity index (χ1n) is 25.5. The lowest BCUT2D eigenvalue weighted by Crippen LogP contribution is -2.72. The molecule has 0 aliphatic carbocycles. The molecule has 3 fully saturated rings. The van der Waals surface area contributed by atoms with Crippen LogP contribution in [0.15, 0.2) is 86.0 Å². The van der Waals surface area contributed by atoms with Crippen LogP contribution in [-0.2, 0) is 99.6 Å². The van der Waals surface area contributed by atoms with E-state index in [1.165, 1.54) is 12.2 Å². The fraction of sp³-hybridized carbons (Fsp3) is 0.556. The van der Waals surface area contributed by atoms with E-state index in [-0.39, 0.29) is 13.2 Å². The van der Waals surface area contributed by atoms with Gasteiger partial charge in [0.05, 0.1) is 19.8 Å². The van der Waals surface area contributed by atoms with Gasteiger partial charge in [-0.15, -0.1) is 13.2 Å². The Morgan fingerprint density at radius 1 is 0.582 bits per heavy atom. The molecule has 0 spiro atoms. The van der Waals surface area contributed by atoms with Gasteiger partial charge in [0.2, 0.25) is 17.7 Å². The molecule has 434 valence electrons. The fourth-order valence-electron chi connectivity index (χ4n) is 9.89. The molecule has 2 aromatic rings. The minimum absolute atomic E-state index is 0.178. The van der Waals surface area contributed by atoms with Crippen LogP contribution in [0, 0.1) is 0 Å². The highest BCUT2D eigenvalue weighted by molar-refractivity contribution is 6.99. The monoisotopic (exact) mass is 1130 g/mol. The van der Waals surface area contributed by atoms with Crippen molar-refractivity contribution in [1.29, 1.82) is 0 Å². The first-order valence-corrected chi connectivity index (χ1v) is 27.4. The lowest BCUT2D eigenvalue weighted by atomic mass is 9.93. The second-order valence-electron chi connectivity index (χ2n) is 19.8. The molecule has 1 unspecified atom stereocenters. The number of nitrogens with two attached hydrogens (primary N) is 1. The van der Waals surface area contributed by atoms with Crippen molar-refractivity contribution in [2.75, 3.05) is 26.4 Å². The van der Waals surface area contributed by atoms with E-state index in [4.69, 9.17) is 67.0 Å². The molecule has 25 heteroatoms. The van der Waals surface area contributed by atoms with E-state index in [1.807, 2.05) is 81.4 Å². The number of esters is 5. The molecule has 3 amide bonds. The molecule has 0 aromatic heterocycles. The Hall–Kier alpha value is -6.42. The van der Waals surface area contributed by atoms with Crippen LogP contribution < -0.4 is 26.7 Å². The van der Waals surface area contributed by atoms with Crippen molar-refractivity contribution in [1.82, 2.24) is 10.6 Å². The highest BCUT2D eigenvalue weighted by Gasteiger charge is 2.60. The van der Waals surface area contributed by atoms with E-state index in [1.54, 1.807) is 0 Å². The van der Waals surface area contributed by atoms with Gasteiger partial charge in [0.1, 0.15) is 43.1 Å². The van der Waals surface area contributed by atoms with Crippen molar-refractivity contribution in [3.63, 3.8) is 0 Å². The summed E-state index contributed by atoms with van der Waals surface area (Å²) in [5, 5.41) is 6.44. The van der Waals surface area contributed by atoms with E-state index in [9.17, 15) is 38.4 Å². The van der Waals surface area contributed by atoms with E-state index in [0.717, 1.165) is 58.8 Å². The zero-order valence-electron chi connectivity index (χ0n) is 46.0. The first-order chi connectivity index (χ1) is 37.3.